The molecule has 2 unspecified atom stereocenters. The van der Waals surface area contributed by atoms with Gasteiger partial charge in [-0.3, -0.25) is 0 Å². The van der Waals surface area contributed by atoms with Gasteiger partial charge in [-0.05, 0) is 38.9 Å². The number of aliphatic hydroxyl groups is 1. The molecule has 0 aliphatic carbocycles. The van der Waals surface area contributed by atoms with E-state index in [9.17, 15) is 4.79 Å². The van der Waals surface area contributed by atoms with Gasteiger partial charge in [0.2, 0.25) is 0 Å². The predicted molar refractivity (Wildman–Crippen MR) is 77.0 cm³/mol. The molecule has 0 aromatic rings. The fourth-order valence-electron chi connectivity index (χ4n) is 2.25. The number of thioether (sulfide) groups is 1. The van der Waals surface area contributed by atoms with E-state index in [-0.39, 0.29) is 18.7 Å². The van der Waals surface area contributed by atoms with Crippen LogP contribution >= 0.6 is 11.8 Å². The zero-order chi connectivity index (χ0) is 13.4. The Bertz CT molecular complexity index is 251. The Kier molecular flexibility index (Phi) is 7.51. The summed E-state index contributed by atoms with van der Waals surface area (Å²) in [6.45, 7) is 3.92. The molecule has 0 aromatic carbocycles. The van der Waals surface area contributed by atoms with Gasteiger partial charge < -0.3 is 15.3 Å². The molecule has 0 saturated carbocycles. The summed E-state index contributed by atoms with van der Waals surface area (Å²) in [5.74, 6) is 0. The van der Waals surface area contributed by atoms with Crippen molar-refractivity contribution in [3.05, 3.63) is 0 Å². The van der Waals surface area contributed by atoms with Crippen LogP contribution in [0.4, 0.5) is 4.79 Å². The van der Waals surface area contributed by atoms with E-state index in [0.29, 0.717) is 5.25 Å². The molecule has 0 spiro atoms. The third kappa shape index (κ3) is 5.48. The van der Waals surface area contributed by atoms with Gasteiger partial charge in [-0.1, -0.05) is 6.42 Å². The Hall–Kier alpha value is -0.420. The van der Waals surface area contributed by atoms with Gasteiger partial charge in [0.05, 0.1) is 0 Å². The molecule has 2 N–H and O–H groups in total. The van der Waals surface area contributed by atoms with E-state index < -0.39 is 0 Å². The van der Waals surface area contributed by atoms with Crippen LogP contribution in [-0.2, 0) is 0 Å². The van der Waals surface area contributed by atoms with E-state index in [1.165, 1.54) is 12.8 Å². The summed E-state index contributed by atoms with van der Waals surface area (Å²) in [5.41, 5.74) is 0. The number of carbonyl (C=O) groups is 1. The molecule has 2 amide bonds. The van der Waals surface area contributed by atoms with Crippen LogP contribution in [0.3, 0.4) is 0 Å². The number of likely N-dealkylation sites (tertiary alicyclic amines) is 1. The molecular formula is C13H26N2O2S. The first-order chi connectivity index (χ1) is 8.67. The summed E-state index contributed by atoms with van der Waals surface area (Å²) >= 11 is 1.86. The van der Waals surface area contributed by atoms with E-state index in [1.54, 1.807) is 0 Å². The number of rotatable bonds is 5. The number of hydrogen-bond acceptors (Lipinski definition) is 3. The molecule has 2 atom stereocenters. The Labute approximate surface area is 115 Å². The average molecular weight is 274 g/mol. The highest BCUT2D eigenvalue weighted by atomic mass is 32.2. The molecule has 1 heterocycles. The van der Waals surface area contributed by atoms with Crippen LogP contribution < -0.4 is 5.32 Å². The number of hydrogen-bond donors (Lipinski definition) is 2. The second kappa shape index (κ2) is 8.64. The maximum atomic E-state index is 12.1. The van der Waals surface area contributed by atoms with Crippen LogP contribution in [0.1, 0.15) is 39.0 Å². The van der Waals surface area contributed by atoms with Gasteiger partial charge in [0.15, 0.2) is 0 Å². The van der Waals surface area contributed by atoms with Crippen LogP contribution in [0.2, 0.25) is 0 Å². The molecule has 0 aromatic heterocycles. The lowest BCUT2D eigenvalue weighted by atomic mass is 10.2. The first-order valence-corrected chi connectivity index (χ1v) is 8.15. The van der Waals surface area contributed by atoms with E-state index in [4.69, 9.17) is 5.11 Å². The van der Waals surface area contributed by atoms with Crippen molar-refractivity contribution >= 4 is 17.8 Å². The maximum absolute atomic E-state index is 12.1. The minimum atomic E-state index is 0.0568. The number of nitrogens with zero attached hydrogens (tertiary/aromatic N) is 1. The Morgan fingerprint density at radius 3 is 3.00 bits per heavy atom. The van der Waals surface area contributed by atoms with E-state index >= 15 is 0 Å². The molecule has 1 aliphatic heterocycles. The summed E-state index contributed by atoms with van der Waals surface area (Å²) in [6, 6.07) is 0.196. The van der Waals surface area contributed by atoms with E-state index in [0.717, 1.165) is 32.4 Å². The number of amides is 2. The molecule has 0 radical (unpaired) electrons. The van der Waals surface area contributed by atoms with Gasteiger partial charge >= 0.3 is 6.03 Å². The van der Waals surface area contributed by atoms with Crippen LogP contribution in [0.15, 0.2) is 0 Å². The monoisotopic (exact) mass is 274 g/mol. The average Bonchev–Trinajstić information content (AvgIpc) is 2.61. The quantitative estimate of drug-likeness (QED) is 0.807. The van der Waals surface area contributed by atoms with Gasteiger partial charge in [0.25, 0.3) is 0 Å². The second-order valence-electron chi connectivity index (χ2n) is 5.02. The van der Waals surface area contributed by atoms with Crippen molar-refractivity contribution in [3.63, 3.8) is 0 Å². The first kappa shape index (κ1) is 15.6. The van der Waals surface area contributed by atoms with E-state index in [2.05, 4.69) is 11.6 Å². The van der Waals surface area contributed by atoms with Gasteiger partial charge in [-0.25, -0.2) is 4.79 Å². The van der Waals surface area contributed by atoms with Crippen molar-refractivity contribution in [2.45, 2.75) is 50.3 Å². The molecular weight excluding hydrogens is 248 g/mol. The SMILES string of the molecule is CSC1CCCCN(C(=O)NC(C)CCCO)C1. The minimum absolute atomic E-state index is 0.0568. The minimum Gasteiger partial charge on any atom is -0.396 e. The molecule has 4 nitrogen and oxygen atoms in total. The molecule has 5 heteroatoms. The summed E-state index contributed by atoms with van der Waals surface area (Å²) in [4.78, 5) is 14.1. The predicted octanol–water partition coefficient (Wildman–Crippen LogP) is 2.07. The number of urea groups is 1. The highest BCUT2D eigenvalue weighted by molar-refractivity contribution is 7.99. The lowest BCUT2D eigenvalue weighted by molar-refractivity contribution is 0.195. The molecule has 18 heavy (non-hydrogen) atoms. The molecule has 1 aliphatic rings. The Balaban J connectivity index is 2.38. The van der Waals surface area contributed by atoms with Crippen molar-refractivity contribution in [2.24, 2.45) is 0 Å². The molecule has 0 bridgehead atoms. The highest BCUT2D eigenvalue weighted by Crippen LogP contribution is 2.20. The summed E-state index contributed by atoms with van der Waals surface area (Å²) in [5, 5.41) is 12.4. The lowest BCUT2D eigenvalue weighted by Crippen LogP contribution is -2.45. The maximum Gasteiger partial charge on any atom is 0.317 e. The fraction of sp³-hybridized carbons (Fsp3) is 0.923. The van der Waals surface area contributed by atoms with Crippen molar-refractivity contribution < 1.29 is 9.90 Å². The molecule has 1 rings (SSSR count). The number of aliphatic hydroxyl groups excluding tert-OH is 1. The van der Waals surface area contributed by atoms with E-state index in [1.807, 2.05) is 23.6 Å². The Morgan fingerprint density at radius 2 is 2.33 bits per heavy atom. The van der Waals surface area contributed by atoms with Gasteiger partial charge in [-0.15, -0.1) is 0 Å². The standard InChI is InChI=1S/C13H26N2O2S/c1-11(6-5-9-16)14-13(17)15-8-4-3-7-12(10-15)18-2/h11-12,16H,3-10H2,1-2H3,(H,14,17). The van der Waals surface area contributed by atoms with Gasteiger partial charge in [-0.2, -0.15) is 11.8 Å². The largest absolute Gasteiger partial charge is 0.396 e. The fourth-order valence-corrected chi connectivity index (χ4v) is 2.98. The normalized spacial score (nSPS) is 22.4. The van der Waals surface area contributed by atoms with Crippen LogP contribution in [0.25, 0.3) is 0 Å². The highest BCUT2D eigenvalue weighted by Gasteiger charge is 2.22. The topological polar surface area (TPSA) is 52.6 Å². The van der Waals surface area contributed by atoms with Crippen LogP contribution in [0.5, 0.6) is 0 Å². The summed E-state index contributed by atoms with van der Waals surface area (Å²) in [7, 11) is 0. The second-order valence-corrected chi connectivity index (χ2v) is 6.15. The number of nitrogens with one attached hydrogen (secondary N) is 1. The smallest absolute Gasteiger partial charge is 0.317 e. The molecule has 1 fully saturated rings. The van der Waals surface area contributed by atoms with Gasteiger partial charge in [0.1, 0.15) is 0 Å². The van der Waals surface area contributed by atoms with Gasteiger partial charge in [0, 0.05) is 31.0 Å². The van der Waals surface area contributed by atoms with Crippen molar-refractivity contribution in [1.29, 1.82) is 0 Å². The molecule has 1 saturated heterocycles. The zero-order valence-corrected chi connectivity index (χ0v) is 12.3. The van der Waals surface area contributed by atoms with Crippen molar-refractivity contribution in [1.82, 2.24) is 10.2 Å². The zero-order valence-electron chi connectivity index (χ0n) is 11.5. The third-order valence-corrected chi connectivity index (χ3v) is 4.47. The summed E-state index contributed by atoms with van der Waals surface area (Å²) < 4.78 is 0. The lowest BCUT2D eigenvalue weighted by Gasteiger charge is -2.26. The van der Waals surface area contributed by atoms with Crippen LogP contribution in [0, 0.1) is 0 Å². The first-order valence-electron chi connectivity index (χ1n) is 6.86. The summed E-state index contributed by atoms with van der Waals surface area (Å²) in [6.07, 6.45) is 7.24. The van der Waals surface area contributed by atoms with Crippen molar-refractivity contribution in [2.75, 3.05) is 26.0 Å². The van der Waals surface area contributed by atoms with Crippen molar-refractivity contribution in [3.8, 4) is 0 Å². The van der Waals surface area contributed by atoms with Crippen LogP contribution in [-0.4, -0.2) is 53.3 Å². The number of carbonyl (C=O) groups excluding carboxylic acids is 1. The Morgan fingerprint density at radius 1 is 1.56 bits per heavy atom. The molecule has 106 valence electrons. The third-order valence-electron chi connectivity index (χ3n) is 3.41.